The van der Waals surface area contributed by atoms with Gasteiger partial charge in [-0.25, -0.2) is 10.9 Å². The van der Waals surface area contributed by atoms with Crippen molar-refractivity contribution in [2.45, 2.75) is 27.7 Å². The first-order chi connectivity index (χ1) is 9.40. The molecule has 1 aromatic rings. The van der Waals surface area contributed by atoms with Crippen LogP contribution in [0.4, 0.5) is 0 Å². The molecule has 1 heterocycles. The van der Waals surface area contributed by atoms with Gasteiger partial charge >= 0.3 is 0 Å². The number of hydrogen-bond acceptors (Lipinski definition) is 5. The average molecular weight is 275 g/mol. The molecule has 0 spiro atoms. The molecule has 20 heavy (non-hydrogen) atoms. The second-order valence-corrected chi connectivity index (χ2v) is 4.43. The van der Waals surface area contributed by atoms with Crippen molar-refractivity contribution in [3.05, 3.63) is 29.6 Å². The molecule has 0 aliphatic rings. The summed E-state index contributed by atoms with van der Waals surface area (Å²) in [7, 11) is 0. The Balaban J connectivity index is 2.73. The molecular formula is C13H17N5O2. The van der Waals surface area contributed by atoms with E-state index in [1.54, 1.807) is 27.7 Å². The summed E-state index contributed by atoms with van der Waals surface area (Å²) in [6.45, 7) is 7.05. The molecule has 2 amide bonds. The van der Waals surface area contributed by atoms with Crippen molar-refractivity contribution in [3.63, 3.8) is 0 Å². The number of aromatic nitrogens is 1. The molecule has 0 bridgehead atoms. The lowest BCUT2D eigenvalue weighted by Crippen LogP contribution is -2.21. The minimum atomic E-state index is -0.430. The lowest BCUT2D eigenvalue weighted by atomic mass is 10.2. The molecule has 0 aliphatic carbocycles. The van der Waals surface area contributed by atoms with Crippen LogP contribution in [0.1, 0.15) is 48.5 Å². The summed E-state index contributed by atoms with van der Waals surface area (Å²) in [5, 5.41) is 7.59. The summed E-state index contributed by atoms with van der Waals surface area (Å²) in [5.41, 5.74) is 6.68. The highest BCUT2D eigenvalue weighted by atomic mass is 16.2. The maximum Gasteiger partial charge on any atom is 0.289 e. The van der Waals surface area contributed by atoms with E-state index in [-0.39, 0.29) is 11.6 Å². The van der Waals surface area contributed by atoms with E-state index in [2.05, 4.69) is 26.0 Å². The predicted octanol–water partition coefficient (Wildman–Crippen LogP) is 1.33. The maximum atomic E-state index is 11.7. The Morgan fingerprint density at radius 2 is 1.50 bits per heavy atom. The van der Waals surface area contributed by atoms with E-state index in [0.717, 1.165) is 11.4 Å². The third-order valence-electron chi connectivity index (χ3n) is 2.02. The maximum absolute atomic E-state index is 11.7. The summed E-state index contributed by atoms with van der Waals surface area (Å²) in [5.74, 6) is -0.811. The van der Waals surface area contributed by atoms with Crippen LogP contribution in [0.15, 0.2) is 28.5 Å². The summed E-state index contributed by atoms with van der Waals surface area (Å²) in [4.78, 5) is 27.2. The van der Waals surface area contributed by atoms with E-state index < -0.39 is 5.91 Å². The zero-order valence-electron chi connectivity index (χ0n) is 11.9. The van der Waals surface area contributed by atoms with Gasteiger partial charge in [0.15, 0.2) is 0 Å². The first-order valence-corrected chi connectivity index (χ1v) is 5.98. The third-order valence-corrected chi connectivity index (χ3v) is 2.02. The smallest absolute Gasteiger partial charge is 0.267 e. The van der Waals surface area contributed by atoms with Crippen LogP contribution in [0, 0.1) is 0 Å². The Morgan fingerprint density at radius 1 is 0.950 bits per heavy atom. The van der Waals surface area contributed by atoms with E-state index in [9.17, 15) is 9.59 Å². The van der Waals surface area contributed by atoms with Gasteiger partial charge in [0.25, 0.3) is 11.8 Å². The van der Waals surface area contributed by atoms with Gasteiger partial charge in [-0.3, -0.25) is 14.6 Å². The minimum Gasteiger partial charge on any atom is -0.267 e. The number of rotatable bonds is 4. The fraction of sp³-hybridized carbons (Fsp3) is 0.308. The van der Waals surface area contributed by atoms with E-state index in [1.165, 1.54) is 18.3 Å². The standard InChI is InChI=1S/C13H17N5O2/c1-8(2)15-17-12(19)10-5-6-11(14-7-10)13(20)18-16-9(3)4/h5-7H,1-4H3,(H,17,19)(H,18,20). The van der Waals surface area contributed by atoms with Gasteiger partial charge in [-0.15, -0.1) is 0 Å². The number of hydrazone groups is 2. The molecule has 7 nitrogen and oxygen atoms in total. The second kappa shape index (κ2) is 7.13. The van der Waals surface area contributed by atoms with Gasteiger partial charge in [0.1, 0.15) is 5.69 Å². The zero-order chi connectivity index (χ0) is 15.1. The molecule has 0 saturated heterocycles. The summed E-state index contributed by atoms with van der Waals surface area (Å²) >= 11 is 0. The van der Waals surface area contributed by atoms with Crippen molar-refractivity contribution in [2.75, 3.05) is 0 Å². The Bertz CT molecular complexity index is 502. The Labute approximate surface area is 117 Å². The second-order valence-electron chi connectivity index (χ2n) is 4.43. The topological polar surface area (TPSA) is 95.8 Å². The molecular weight excluding hydrogens is 258 g/mol. The van der Waals surface area contributed by atoms with Crippen molar-refractivity contribution in [1.82, 2.24) is 15.8 Å². The normalized spacial score (nSPS) is 9.40. The van der Waals surface area contributed by atoms with Crippen molar-refractivity contribution in [3.8, 4) is 0 Å². The Kier molecular flexibility index (Phi) is 5.52. The predicted molar refractivity (Wildman–Crippen MR) is 76.7 cm³/mol. The molecule has 1 rings (SSSR count). The van der Waals surface area contributed by atoms with Gasteiger partial charge in [0, 0.05) is 17.6 Å². The lowest BCUT2D eigenvalue weighted by molar-refractivity contribution is 0.0939. The van der Waals surface area contributed by atoms with E-state index in [4.69, 9.17) is 0 Å². The highest BCUT2D eigenvalue weighted by molar-refractivity contribution is 5.97. The number of amides is 2. The number of nitrogens with one attached hydrogen (secondary N) is 2. The van der Waals surface area contributed by atoms with Crippen LogP contribution in [-0.4, -0.2) is 28.2 Å². The monoisotopic (exact) mass is 275 g/mol. The fourth-order valence-corrected chi connectivity index (χ4v) is 1.11. The van der Waals surface area contributed by atoms with Crippen molar-refractivity contribution >= 4 is 23.2 Å². The molecule has 0 aromatic carbocycles. The van der Waals surface area contributed by atoms with Crippen LogP contribution in [0.2, 0.25) is 0 Å². The molecule has 0 fully saturated rings. The van der Waals surface area contributed by atoms with Gasteiger partial charge in [0.2, 0.25) is 0 Å². The molecule has 0 saturated carbocycles. The van der Waals surface area contributed by atoms with Crippen LogP contribution in [-0.2, 0) is 0 Å². The van der Waals surface area contributed by atoms with Crippen molar-refractivity contribution in [1.29, 1.82) is 0 Å². The molecule has 0 radical (unpaired) electrons. The average Bonchev–Trinajstić information content (AvgIpc) is 2.42. The SMILES string of the molecule is CC(C)=NNC(=O)c1ccc(C(=O)NN=C(C)C)nc1. The Hall–Kier alpha value is -2.57. The number of carbonyl (C=O) groups excluding carboxylic acids is 2. The molecule has 2 N–H and O–H groups in total. The molecule has 7 heteroatoms. The highest BCUT2D eigenvalue weighted by Gasteiger charge is 2.09. The van der Waals surface area contributed by atoms with Gasteiger partial charge in [-0.2, -0.15) is 10.2 Å². The third kappa shape index (κ3) is 4.97. The largest absolute Gasteiger partial charge is 0.289 e. The lowest BCUT2D eigenvalue weighted by Gasteiger charge is -2.02. The molecule has 1 aromatic heterocycles. The first-order valence-electron chi connectivity index (χ1n) is 5.98. The van der Waals surface area contributed by atoms with Gasteiger partial charge < -0.3 is 0 Å². The first kappa shape index (κ1) is 15.5. The summed E-state index contributed by atoms with van der Waals surface area (Å²) in [6, 6.07) is 2.95. The van der Waals surface area contributed by atoms with Gasteiger partial charge in [0.05, 0.1) is 5.56 Å². The van der Waals surface area contributed by atoms with Crippen LogP contribution < -0.4 is 10.9 Å². The van der Waals surface area contributed by atoms with Crippen molar-refractivity contribution in [2.24, 2.45) is 10.2 Å². The quantitative estimate of drug-likeness (QED) is 0.641. The van der Waals surface area contributed by atoms with Crippen LogP contribution in [0.5, 0.6) is 0 Å². The number of pyridine rings is 1. The minimum absolute atomic E-state index is 0.182. The highest BCUT2D eigenvalue weighted by Crippen LogP contribution is 2.00. The summed E-state index contributed by atoms with van der Waals surface area (Å²) in [6.07, 6.45) is 1.31. The van der Waals surface area contributed by atoms with E-state index in [0.29, 0.717) is 5.56 Å². The molecule has 106 valence electrons. The number of nitrogens with zero attached hydrogens (tertiary/aromatic N) is 3. The van der Waals surface area contributed by atoms with Gasteiger partial charge in [-0.1, -0.05) is 0 Å². The Morgan fingerprint density at radius 3 is 1.95 bits per heavy atom. The van der Waals surface area contributed by atoms with Crippen LogP contribution in [0.25, 0.3) is 0 Å². The van der Waals surface area contributed by atoms with E-state index >= 15 is 0 Å². The summed E-state index contributed by atoms with van der Waals surface area (Å²) < 4.78 is 0. The van der Waals surface area contributed by atoms with Crippen LogP contribution in [0.3, 0.4) is 0 Å². The zero-order valence-corrected chi connectivity index (χ0v) is 11.9. The number of carbonyl (C=O) groups is 2. The van der Waals surface area contributed by atoms with Crippen LogP contribution >= 0.6 is 0 Å². The number of hydrogen-bond donors (Lipinski definition) is 2. The van der Waals surface area contributed by atoms with E-state index in [1.807, 2.05) is 0 Å². The fourth-order valence-electron chi connectivity index (χ4n) is 1.11. The molecule has 0 atom stereocenters. The van der Waals surface area contributed by atoms with Crippen molar-refractivity contribution < 1.29 is 9.59 Å². The molecule has 0 aliphatic heterocycles. The van der Waals surface area contributed by atoms with Gasteiger partial charge in [-0.05, 0) is 39.8 Å². The molecule has 0 unspecified atom stereocenters.